The highest BCUT2D eigenvalue weighted by Gasteiger charge is 2.13. The molecule has 0 aliphatic rings. The van der Waals surface area contributed by atoms with Crippen molar-refractivity contribution in [3.8, 4) is 11.5 Å². The van der Waals surface area contributed by atoms with Crippen LogP contribution in [0, 0.1) is 0 Å². The van der Waals surface area contributed by atoms with Gasteiger partial charge in [0.05, 0.1) is 24.7 Å². The minimum atomic E-state index is -0.817. The SMILES string of the molecule is O=C(NCCn1nc(-c2ccco2)ccc1=O)C(=O)Nc1cccnc1. The first kappa shape index (κ1) is 17.1. The van der Waals surface area contributed by atoms with Crippen molar-refractivity contribution in [2.45, 2.75) is 6.54 Å². The van der Waals surface area contributed by atoms with E-state index in [-0.39, 0.29) is 18.6 Å². The summed E-state index contributed by atoms with van der Waals surface area (Å²) in [5.41, 5.74) is 0.585. The summed E-state index contributed by atoms with van der Waals surface area (Å²) in [6, 6.07) is 9.61. The van der Waals surface area contributed by atoms with Crippen molar-refractivity contribution in [2.24, 2.45) is 0 Å². The maximum atomic E-state index is 11.9. The third kappa shape index (κ3) is 4.20. The Morgan fingerprint density at radius 1 is 1.12 bits per heavy atom. The van der Waals surface area contributed by atoms with Gasteiger partial charge in [-0.25, -0.2) is 4.68 Å². The number of carbonyl (C=O) groups excluding carboxylic acids is 2. The van der Waals surface area contributed by atoms with Crippen molar-refractivity contribution in [1.82, 2.24) is 20.1 Å². The molecule has 0 saturated carbocycles. The Bertz CT molecular complexity index is 951. The van der Waals surface area contributed by atoms with Crippen molar-refractivity contribution in [1.29, 1.82) is 0 Å². The largest absolute Gasteiger partial charge is 0.463 e. The number of carbonyl (C=O) groups is 2. The highest BCUT2D eigenvalue weighted by atomic mass is 16.3. The second-order valence-electron chi connectivity index (χ2n) is 5.21. The van der Waals surface area contributed by atoms with Crippen LogP contribution in [0.1, 0.15) is 0 Å². The van der Waals surface area contributed by atoms with Gasteiger partial charge in [-0.2, -0.15) is 5.10 Å². The van der Waals surface area contributed by atoms with Gasteiger partial charge in [-0.3, -0.25) is 19.4 Å². The van der Waals surface area contributed by atoms with E-state index >= 15 is 0 Å². The molecule has 3 rings (SSSR count). The van der Waals surface area contributed by atoms with Crippen LogP contribution < -0.4 is 16.2 Å². The molecule has 2 amide bonds. The Labute approximate surface area is 147 Å². The minimum absolute atomic E-state index is 0.0633. The van der Waals surface area contributed by atoms with Crippen LogP contribution in [-0.4, -0.2) is 33.1 Å². The lowest BCUT2D eigenvalue weighted by Gasteiger charge is -2.08. The summed E-state index contributed by atoms with van der Waals surface area (Å²) in [6.07, 6.45) is 4.49. The molecule has 0 bridgehead atoms. The molecule has 0 fully saturated rings. The van der Waals surface area contributed by atoms with Crippen LogP contribution in [0.5, 0.6) is 0 Å². The number of anilines is 1. The van der Waals surface area contributed by atoms with Crippen LogP contribution in [0.3, 0.4) is 0 Å². The highest BCUT2D eigenvalue weighted by molar-refractivity contribution is 6.39. The number of hydrogen-bond donors (Lipinski definition) is 2. The summed E-state index contributed by atoms with van der Waals surface area (Å²) in [4.78, 5) is 39.3. The Balaban J connectivity index is 1.56. The maximum absolute atomic E-state index is 11.9. The van der Waals surface area contributed by atoms with Crippen LogP contribution in [0.25, 0.3) is 11.5 Å². The summed E-state index contributed by atoms with van der Waals surface area (Å²) in [5, 5.41) is 9.03. The highest BCUT2D eigenvalue weighted by Crippen LogP contribution is 2.14. The number of hydrogen-bond acceptors (Lipinski definition) is 6. The lowest BCUT2D eigenvalue weighted by atomic mass is 10.3. The average Bonchev–Trinajstić information content (AvgIpc) is 3.18. The van der Waals surface area contributed by atoms with Gasteiger partial charge in [0, 0.05) is 18.8 Å². The van der Waals surface area contributed by atoms with Gasteiger partial charge in [0.25, 0.3) is 5.56 Å². The van der Waals surface area contributed by atoms with E-state index in [2.05, 4.69) is 20.7 Å². The number of pyridine rings is 1. The maximum Gasteiger partial charge on any atom is 0.313 e. The standard InChI is InChI=1S/C17H15N5O4/c23-15-6-5-13(14-4-2-10-26-14)21-22(15)9-8-19-16(24)17(25)20-12-3-1-7-18-11-12/h1-7,10-11H,8-9H2,(H,19,24)(H,20,25). The fraction of sp³-hybridized carbons (Fsp3) is 0.118. The second-order valence-corrected chi connectivity index (χ2v) is 5.21. The smallest absolute Gasteiger partial charge is 0.313 e. The van der Waals surface area contributed by atoms with Gasteiger partial charge in [0.1, 0.15) is 5.69 Å². The lowest BCUT2D eigenvalue weighted by molar-refractivity contribution is -0.136. The van der Waals surface area contributed by atoms with E-state index in [0.29, 0.717) is 17.1 Å². The van der Waals surface area contributed by atoms with Crippen molar-refractivity contribution in [2.75, 3.05) is 11.9 Å². The minimum Gasteiger partial charge on any atom is -0.463 e. The van der Waals surface area contributed by atoms with E-state index in [9.17, 15) is 14.4 Å². The molecule has 26 heavy (non-hydrogen) atoms. The van der Waals surface area contributed by atoms with Crippen molar-refractivity contribution < 1.29 is 14.0 Å². The average molecular weight is 353 g/mol. The van der Waals surface area contributed by atoms with Crippen LogP contribution in [0.2, 0.25) is 0 Å². The summed E-state index contributed by atoms with van der Waals surface area (Å²) in [5.74, 6) is -1.11. The Kier molecular flexibility index (Phi) is 5.18. The van der Waals surface area contributed by atoms with Crippen LogP contribution in [0.4, 0.5) is 5.69 Å². The number of furan rings is 1. The fourth-order valence-electron chi connectivity index (χ4n) is 2.15. The van der Waals surface area contributed by atoms with Gasteiger partial charge in [-0.1, -0.05) is 0 Å². The molecule has 0 saturated heterocycles. The molecular weight excluding hydrogens is 338 g/mol. The predicted molar refractivity (Wildman–Crippen MR) is 92.1 cm³/mol. The van der Waals surface area contributed by atoms with E-state index in [1.807, 2.05) is 0 Å². The number of nitrogens with zero attached hydrogens (tertiary/aromatic N) is 3. The molecule has 2 N–H and O–H groups in total. The third-order valence-electron chi connectivity index (χ3n) is 3.38. The van der Waals surface area contributed by atoms with Crippen LogP contribution in [-0.2, 0) is 16.1 Å². The zero-order chi connectivity index (χ0) is 18.4. The molecule has 3 heterocycles. The Hall–Kier alpha value is -3.75. The van der Waals surface area contributed by atoms with Gasteiger partial charge < -0.3 is 15.1 Å². The second kappa shape index (κ2) is 7.88. The molecule has 0 aliphatic heterocycles. The van der Waals surface area contributed by atoms with Gasteiger partial charge in [-0.15, -0.1) is 0 Å². The molecule has 0 aliphatic carbocycles. The molecule has 0 unspecified atom stereocenters. The van der Waals surface area contributed by atoms with Crippen molar-refractivity contribution >= 4 is 17.5 Å². The zero-order valence-electron chi connectivity index (χ0n) is 13.6. The van der Waals surface area contributed by atoms with Gasteiger partial charge in [-0.05, 0) is 30.3 Å². The van der Waals surface area contributed by atoms with E-state index in [1.54, 1.807) is 36.5 Å². The predicted octanol–water partition coefficient (Wildman–Crippen LogP) is 0.653. The number of aromatic nitrogens is 3. The van der Waals surface area contributed by atoms with Gasteiger partial charge >= 0.3 is 11.8 Å². The van der Waals surface area contributed by atoms with E-state index in [4.69, 9.17) is 4.42 Å². The molecule has 3 aromatic heterocycles. The Morgan fingerprint density at radius 3 is 2.73 bits per heavy atom. The summed E-state index contributed by atoms with van der Waals surface area (Å²) < 4.78 is 6.43. The van der Waals surface area contributed by atoms with Crippen molar-refractivity contribution in [3.05, 3.63) is 65.4 Å². The summed E-state index contributed by atoms with van der Waals surface area (Å²) in [6.45, 7) is 0.174. The first-order chi connectivity index (χ1) is 12.6. The van der Waals surface area contributed by atoms with Crippen molar-refractivity contribution in [3.63, 3.8) is 0 Å². The Morgan fingerprint density at radius 2 is 2.00 bits per heavy atom. The lowest BCUT2D eigenvalue weighted by Crippen LogP contribution is -2.38. The fourth-order valence-corrected chi connectivity index (χ4v) is 2.15. The normalized spacial score (nSPS) is 10.3. The van der Waals surface area contributed by atoms with E-state index in [1.165, 1.54) is 23.2 Å². The molecule has 9 heteroatoms. The van der Waals surface area contributed by atoms with Crippen LogP contribution in [0.15, 0.2) is 64.3 Å². The monoisotopic (exact) mass is 353 g/mol. The quantitative estimate of drug-likeness (QED) is 0.650. The summed E-state index contributed by atoms with van der Waals surface area (Å²) in [7, 11) is 0. The number of rotatable bonds is 5. The molecule has 0 aromatic carbocycles. The topological polar surface area (TPSA) is 119 Å². The number of amides is 2. The molecule has 3 aromatic rings. The molecule has 0 atom stereocenters. The first-order valence-corrected chi connectivity index (χ1v) is 7.75. The van der Waals surface area contributed by atoms with Crippen LogP contribution >= 0.6 is 0 Å². The zero-order valence-corrected chi connectivity index (χ0v) is 13.6. The molecule has 9 nitrogen and oxygen atoms in total. The van der Waals surface area contributed by atoms with E-state index < -0.39 is 11.8 Å². The summed E-state index contributed by atoms with van der Waals surface area (Å²) >= 11 is 0. The number of nitrogens with one attached hydrogen (secondary N) is 2. The molecular formula is C17H15N5O4. The third-order valence-corrected chi connectivity index (χ3v) is 3.38. The molecule has 0 spiro atoms. The first-order valence-electron chi connectivity index (χ1n) is 7.75. The molecule has 0 radical (unpaired) electrons. The van der Waals surface area contributed by atoms with Gasteiger partial charge in [0.15, 0.2) is 5.76 Å². The van der Waals surface area contributed by atoms with E-state index in [0.717, 1.165) is 0 Å². The van der Waals surface area contributed by atoms with Gasteiger partial charge in [0.2, 0.25) is 0 Å². The molecule has 132 valence electrons.